The van der Waals surface area contributed by atoms with E-state index in [9.17, 15) is 9.59 Å². The molecule has 0 aliphatic carbocycles. The summed E-state index contributed by atoms with van der Waals surface area (Å²) in [5.74, 6) is -0.0514. The number of amides is 1. The highest BCUT2D eigenvalue weighted by Crippen LogP contribution is 2.11. The van der Waals surface area contributed by atoms with Crippen LogP contribution in [0.25, 0.3) is 0 Å². The van der Waals surface area contributed by atoms with Crippen molar-refractivity contribution in [1.29, 1.82) is 0 Å². The molecule has 1 rings (SSSR count). The first kappa shape index (κ1) is 17.3. The molecule has 5 heteroatoms. The van der Waals surface area contributed by atoms with Gasteiger partial charge in [-0.15, -0.1) is 0 Å². The second kappa shape index (κ2) is 9.26. The minimum Gasteiger partial charge on any atom is -0.326 e. The smallest absolute Gasteiger partial charge is 0.225 e. The molecule has 0 saturated carbocycles. The van der Waals surface area contributed by atoms with Crippen LogP contribution in [0.3, 0.4) is 0 Å². The highest BCUT2D eigenvalue weighted by Gasteiger charge is 2.04. The van der Waals surface area contributed by atoms with Crippen molar-refractivity contribution >= 4 is 17.4 Å². The van der Waals surface area contributed by atoms with Crippen LogP contribution in [0.1, 0.15) is 30.1 Å². The van der Waals surface area contributed by atoms with Crippen LogP contribution >= 0.6 is 0 Å². The number of hydrogen-bond donors (Lipinski definition) is 2. The molecule has 0 spiro atoms. The van der Waals surface area contributed by atoms with E-state index in [1.165, 1.54) is 6.92 Å². The van der Waals surface area contributed by atoms with E-state index in [0.717, 1.165) is 19.5 Å². The third-order valence-electron chi connectivity index (χ3n) is 3.04. The zero-order valence-electron chi connectivity index (χ0n) is 13.1. The summed E-state index contributed by atoms with van der Waals surface area (Å²) < 4.78 is 0. The van der Waals surface area contributed by atoms with Gasteiger partial charge < -0.3 is 15.5 Å². The van der Waals surface area contributed by atoms with Crippen molar-refractivity contribution in [2.24, 2.45) is 0 Å². The predicted molar refractivity (Wildman–Crippen MR) is 85.7 cm³/mol. The Labute approximate surface area is 126 Å². The first-order chi connectivity index (χ1) is 9.99. The molecule has 1 aromatic rings. The summed E-state index contributed by atoms with van der Waals surface area (Å²) in [4.78, 5) is 25.2. The third-order valence-corrected chi connectivity index (χ3v) is 3.04. The lowest BCUT2D eigenvalue weighted by molar-refractivity contribution is -0.116. The number of ketones is 1. The van der Waals surface area contributed by atoms with Crippen molar-refractivity contribution in [3.8, 4) is 0 Å². The Morgan fingerprint density at radius 2 is 1.95 bits per heavy atom. The average molecular weight is 291 g/mol. The Balaban J connectivity index is 2.24. The summed E-state index contributed by atoms with van der Waals surface area (Å²) >= 11 is 0. The number of nitrogens with one attached hydrogen (secondary N) is 2. The van der Waals surface area contributed by atoms with E-state index in [1.54, 1.807) is 24.3 Å². The highest BCUT2D eigenvalue weighted by atomic mass is 16.1. The molecule has 0 aromatic heterocycles. The average Bonchev–Trinajstić information content (AvgIpc) is 2.42. The lowest BCUT2D eigenvalue weighted by atomic mass is 10.1. The Hall–Kier alpha value is -1.72. The molecule has 0 unspecified atom stereocenters. The first-order valence-corrected chi connectivity index (χ1v) is 7.25. The zero-order valence-corrected chi connectivity index (χ0v) is 13.1. The van der Waals surface area contributed by atoms with E-state index >= 15 is 0 Å². The van der Waals surface area contributed by atoms with E-state index in [-0.39, 0.29) is 11.7 Å². The summed E-state index contributed by atoms with van der Waals surface area (Å²) in [6.07, 6.45) is 1.49. The molecule has 0 aliphatic rings. The molecular weight excluding hydrogens is 266 g/mol. The van der Waals surface area contributed by atoms with Crippen molar-refractivity contribution in [1.82, 2.24) is 10.2 Å². The molecule has 0 atom stereocenters. The summed E-state index contributed by atoms with van der Waals surface area (Å²) in [5.41, 5.74) is 1.27. The van der Waals surface area contributed by atoms with Gasteiger partial charge >= 0.3 is 0 Å². The SMILES string of the molecule is CC(=O)c1cccc(NC(=O)CCNCCCN(C)C)c1. The van der Waals surface area contributed by atoms with Crippen molar-refractivity contribution in [2.45, 2.75) is 19.8 Å². The van der Waals surface area contributed by atoms with E-state index in [0.29, 0.717) is 24.2 Å². The van der Waals surface area contributed by atoms with Gasteiger partial charge in [0.1, 0.15) is 0 Å². The second-order valence-corrected chi connectivity index (χ2v) is 5.34. The number of anilines is 1. The molecule has 116 valence electrons. The Kier molecular flexibility index (Phi) is 7.64. The number of hydrogen-bond acceptors (Lipinski definition) is 4. The Morgan fingerprint density at radius 3 is 2.62 bits per heavy atom. The van der Waals surface area contributed by atoms with E-state index in [1.807, 2.05) is 14.1 Å². The fourth-order valence-corrected chi connectivity index (χ4v) is 1.89. The van der Waals surface area contributed by atoms with Gasteiger partial charge in [-0.2, -0.15) is 0 Å². The molecule has 0 saturated heterocycles. The molecule has 21 heavy (non-hydrogen) atoms. The molecule has 2 N–H and O–H groups in total. The fourth-order valence-electron chi connectivity index (χ4n) is 1.89. The molecule has 0 aliphatic heterocycles. The largest absolute Gasteiger partial charge is 0.326 e. The normalized spacial score (nSPS) is 10.7. The van der Waals surface area contributed by atoms with Crippen LogP contribution in [0.2, 0.25) is 0 Å². The van der Waals surface area contributed by atoms with Gasteiger partial charge in [0, 0.05) is 24.2 Å². The van der Waals surface area contributed by atoms with Crippen LogP contribution in [0.5, 0.6) is 0 Å². The van der Waals surface area contributed by atoms with Crippen LogP contribution in [0.15, 0.2) is 24.3 Å². The lowest BCUT2D eigenvalue weighted by Crippen LogP contribution is -2.25. The summed E-state index contributed by atoms with van der Waals surface area (Å²) in [6.45, 7) is 4.12. The number of nitrogens with zero attached hydrogens (tertiary/aromatic N) is 1. The van der Waals surface area contributed by atoms with Crippen LogP contribution in [0.4, 0.5) is 5.69 Å². The van der Waals surface area contributed by atoms with Gasteiger partial charge in [-0.1, -0.05) is 12.1 Å². The molecule has 0 radical (unpaired) electrons. The Morgan fingerprint density at radius 1 is 1.19 bits per heavy atom. The van der Waals surface area contributed by atoms with Crippen molar-refractivity contribution in [3.05, 3.63) is 29.8 Å². The quantitative estimate of drug-likeness (QED) is 0.537. The van der Waals surface area contributed by atoms with Gasteiger partial charge in [0.2, 0.25) is 5.91 Å². The van der Waals surface area contributed by atoms with Gasteiger partial charge in [0.25, 0.3) is 0 Å². The van der Waals surface area contributed by atoms with Gasteiger partial charge in [-0.05, 0) is 52.7 Å². The maximum absolute atomic E-state index is 11.8. The highest BCUT2D eigenvalue weighted by molar-refractivity contribution is 5.97. The van der Waals surface area contributed by atoms with Crippen LogP contribution in [-0.4, -0.2) is 50.3 Å². The zero-order chi connectivity index (χ0) is 15.7. The number of carbonyl (C=O) groups is 2. The standard InChI is InChI=1S/C16H25N3O2/c1-13(20)14-6-4-7-15(12-14)18-16(21)8-10-17-9-5-11-19(2)3/h4,6-7,12,17H,5,8-11H2,1-3H3,(H,18,21). The monoisotopic (exact) mass is 291 g/mol. The lowest BCUT2D eigenvalue weighted by Gasteiger charge is -2.10. The number of carbonyl (C=O) groups excluding carboxylic acids is 2. The second-order valence-electron chi connectivity index (χ2n) is 5.34. The molecule has 1 aromatic carbocycles. The molecule has 0 heterocycles. The number of rotatable bonds is 9. The minimum absolute atomic E-state index is 0.00587. The van der Waals surface area contributed by atoms with E-state index < -0.39 is 0 Å². The van der Waals surface area contributed by atoms with Crippen LogP contribution < -0.4 is 10.6 Å². The van der Waals surface area contributed by atoms with Crippen molar-refractivity contribution < 1.29 is 9.59 Å². The molecular formula is C16H25N3O2. The number of Topliss-reactive ketones (excluding diaryl/α,β-unsaturated/α-hetero) is 1. The molecule has 5 nitrogen and oxygen atoms in total. The molecule has 0 fully saturated rings. The fraction of sp³-hybridized carbons (Fsp3) is 0.500. The maximum Gasteiger partial charge on any atom is 0.225 e. The summed E-state index contributed by atoms with van der Waals surface area (Å²) in [7, 11) is 4.09. The van der Waals surface area contributed by atoms with Gasteiger partial charge in [-0.3, -0.25) is 9.59 Å². The summed E-state index contributed by atoms with van der Waals surface area (Å²) in [5, 5.41) is 6.05. The third kappa shape index (κ3) is 7.58. The van der Waals surface area contributed by atoms with Crippen molar-refractivity contribution in [3.63, 3.8) is 0 Å². The molecule has 1 amide bonds. The first-order valence-electron chi connectivity index (χ1n) is 7.25. The van der Waals surface area contributed by atoms with Crippen molar-refractivity contribution in [2.75, 3.05) is 39.0 Å². The predicted octanol–water partition coefficient (Wildman–Crippen LogP) is 1.76. The van der Waals surface area contributed by atoms with Crippen LogP contribution in [-0.2, 0) is 4.79 Å². The Bertz CT molecular complexity index is 472. The number of benzene rings is 1. The van der Waals surface area contributed by atoms with Crippen LogP contribution in [0, 0.1) is 0 Å². The molecule has 0 bridgehead atoms. The summed E-state index contributed by atoms with van der Waals surface area (Å²) in [6, 6.07) is 7.00. The topological polar surface area (TPSA) is 61.4 Å². The van der Waals surface area contributed by atoms with E-state index in [2.05, 4.69) is 15.5 Å². The van der Waals surface area contributed by atoms with Gasteiger partial charge in [0.05, 0.1) is 0 Å². The van der Waals surface area contributed by atoms with Gasteiger partial charge in [-0.25, -0.2) is 0 Å². The van der Waals surface area contributed by atoms with E-state index in [4.69, 9.17) is 0 Å². The van der Waals surface area contributed by atoms with Gasteiger partial charge in [0.15, 0.2) is 5.78 Å². The minimum atomic E-state index is -0.0455. The maximum atomic E-state index is 11.8.